The minimum atomic E-state index is 0. The van der Waals surface area contributed by atoms with E-state index in [1.165, 1.54) is 33.4 Å². The number of fused-ring (bicyclic) bond motifs is 1. The fourth-order valence-corrected chi connectivity index (χ4v) is 3.32. The Morgan fingerprint density at radius 3 is 2.55 bits per heavy atom. The summed E-state index contributed by atoms with van der Waals surface area (Å²) in [6.07, 6.45) is 11.3. The zero-order valence-corrected chi connectivity index (χ0v) is 15.1. The number of allylic oxidation sites excluding steroid dienone is 5. The molecule has 1 atom stereocenters. The maximum atomic E-state index is 3.69. The Bertz CT molecular complexity index is 779. The molecule has 4 rings (SSSR count). The molecule has 106 valence electrons. The van der Waals surface area contributed by atoms with Crippen molar-refractivity contribution >= 4 is 11.1 Å². The van der Waals surface area contributed by atoms with Gasteiger partial charge < -0.3 is 0 Å². The first-order valence-corrected chi connectivity index (χ1v) is 7.53. The van der Waals surface area contributed by atoms with Gasteiger partial charge in [0, 0.05) is 26.2 Å². The zero-order valence-electron chi connectivity index (χ0n) is 12.6. The van der Waals surface area contributed by atoms with Gasteiger partial charge in [-0.15, -0.1) is 28.8 Å². The van der Waals surface area contributed by atoms with Gasteiger partial charge in [0.15, 0.2) is 0 Å². The summed E-state index contributed by atoms with van der Waals surface area (Å²) in [4.78, 5) is 0. The third kappa shape index (κ3) is 2.52. The number of hydrogen-bond acceptors (Lipinski definition) is 0. The van der Waals surface area contributed by atoms with Crippen LogP contribution in [0.2, 0.25) is 0 Å². The molecule has 1 unspecified atom stereocenters. The normalized spacial score (nSPS) is 18.5. The van der Waals surface area contributed by atoms with E-state index in [1.54, 1.807) is 0 Å². The Morgan fingerprint density at radius 1 is 1.00 bits per heavy atom. The van der Waals surface area contributed by atoms with Gasteiger partial charge >= 0.3 is 0 Å². The standard InChI is InChI=1S/C21H17.Zr/c1-15-18-12-7-13-19(16-10-5-6-11-16)21(18)14-20(15)17-8-3-2-4-9-17;/h2-10,12-13,15H,11H2,1H3;/q-1;. The molecule has 0 nitrogen and oxygen atoms in total. The largest absolute Gasteiger partial charge is 0.139 e. The minimum absolute atomic E-state index is 0. The Hall–Kier alpha value is -1.46. The van der Waals surface area contributed by atoms with Crippen molar-refractivity contribution in [3.8, 4) is 0 Å². The third-order valence-electron chi connectivity index (χ3n) is 4.46. The summed E-state index contributed by atoms with van der Waals surface area (Å²) < 4.78 is 0. The SMILES string of the molecule is CC1C(c2ccccc2)=[C-]c2c(C3=CC=CC3)cccc21.[Zr]. The van der Waals surface area contributed by atoms with Crippen LogP contribution in [0.25, 0.3) is 11.1 Å². The Balaban J connectivity index is 0.00000144. The first-order valence-electron chi connectivity index (χ1n) is 7.53. The summed E-state index contributed by atoms with van der Waals surface area (Å²) >= 11 is 0. The van der Waals surface area contributed by atoms with E-state index in [1.807, 2.05) is 0 Å². The summed E-state index contributed by atoms with van der Waals surface area (Å²) in [5.41, 5.74) is 8.03. The van der Waals surface area contributed by atoms with Crippen molar-refractivity contribution in [2.45, 2.75) is 19.3 Å². The molecule has 0 aromatic heterocycles. The van der Waals surface area contributed by atoms with Crippen LogP contribution in [-0.2, 0) is 26.2 Å². The van der Waals surface area contributed by atoms with Crippen LogP contribution in [-0.4, -0.2) is 0 Å². The Labute approximate surface area is 151 Å². The second-order valence-corrected chi connectivity index (χ2v) is 5.72. The van der Waals surface area contributed by atoms with Crippen molar-refractivity contribution in [3.63, 3.8) is 0 Å². The molecule has 22 heavy (non-hydrogen) atoms. The monoisotopic (exact) mass is 359 g/mol. The van der Waals surface area contributed by atoms with Crippen molar-refractivity contribution in [1.29, 1.82) is 0 Å². The van der Waals surface area contributed by atoms with Gasteiger partial charge in [0.05, 0.1) is 0 Å². The van der Waals surface area contributed by atoms with Crippen LogP contribution in [0.4, 0.5) is 0 Å². The molecule has 2 aromatic carbocycles. The maximum Gasteiger partial charge on any atom is 0 e. The summed E-state index contributed by atoms with van der Waals surface area (Å²) in [7, 11) is 0. The minimum Gasteiger partial charge on any atom is -0.139 e. The molecule has 2 aliphatic carbocycles. The van der Waals surface area contributed by atoms with Crippen LogP contribution in [0.1, 0.15) is 41.5 Å². The molecule has 0 radical (unpaired) electrons. The predicted molar refractivity (Wildman–Crippen MR) is 88.8 cm³/mol. The van der Waals surface area contributed by atoms with Gasteiger partial charge in [-0.05, 0) is 12.3 Å². The summed E-state index contributed by atoms with van der Waals surface area (Å²) in [6, 6.07) is 17.3. The predicted octanol–water partition coefficient (Wildman–Crippen LogP) is 5.38. The molecule has 0 fully saturated rings. The Morgan fingerprint density at radius 2 is 1.82 bits per heavy atom. The third-order valence-corrected chi connectivity index (χ3v) is 4.46. The van der Waals surface area contributed by atoms with Crippen molar-refractivity contribution in [1.82, 2.24) is 0 Å². The molecule has 0 N–H and O–H groups in total. The fraction of sp³-hybridized carbons (Fsp3) is 0.143. The fourth-order valence-electron chi connectivity index (χ4n) is 3.32. The van der Waals surface area contributed by atoms with Crippen LogP contribution in [0.3, 0.4) is 0 Å². The second-order valence-electron chi connectivity index (χ2n) is 5.72. The van der Waals surface area contributed by atoms with Crippen LogP contribution in [0.5, 0.6) is 0 Å². The quantitative estimate of drug-likeness (QED) is 0.631. The molecule has 1 heteroatoms. The first kappa shape index (κ1) is 15.4. The van der Waals surface area contributed by atoms with Crippen LogP contribution < -0.4 is 0 Å². The first-order chi connectivity index (χ1) is 10.3. The van der Waals surface area contributed by atoms with E-state index in [2.05, 4.69) is 79.8 Å². The van der Waals surface area contributed by atoms with Gasteiger partial charge in [0.25, 0.3) is 0 Å². The number of hydrogen-bond donors (Lipinski definition) is 0. The molecule has 0 aliphatic heterocycles. The van der Waals surface area contributed by atoms with E-state index in [4.69, 9.17) is 0 Å². The maximum absolute atomic E-state index is 3.69. The van der Waals surface area contributed by atoms with Crippen LogP contribution in [0.15, 0.2) is 66.8 Å². The summed E-state index contributed by atoms with van der Waals surface area (Å²) in [5, 5.41) is 0. The van der Waals surface area contributed by atoms with Crippen molar-refractivity contribution in [3.05, 3.63) is 95.1 Å². The number of rotatable bonds is 2. The van der Waals surface area contributed by atoms with Crippen molar-refractivity contribution < 1.29 is 26.2 Å². The molecule has 0 bridgehead atoms. The molecular formula is C21H17Zr-. The van der Waals surface area contributed by atoms with E-state index >= 15 is 0 Å². The smallest absolute Gasteiger partial charge is 0 e. The average molecular weight is 361 g/mol. The molecule has 2 aromatic rings. The Kier molecular flexibility index (Phi) is 4.45. The molecule has 0 spiro atoms. The van der Waals surface area contributed by atoms with E-state index in [9.17, 15) is 0 Å². The molecule has 0 saturated heterocycles. The zero-order chi connectivity index (χ0) is 14.2. The van der Waals surface area contributed by atoms with Gasteiger partial charge in [-0.25, -0.2) is 0 Å². The second kappa shape index (κ2) is 6.35. The van der Waals surface area contributed by atoms with Crippen molar-refractivity contribution in [2.24, 2.45) is 0 Å². The summed E-state index contributed by atoms with van der Waals surface area (Å²) in [5.74, 6) is 0.414. The topological polar surface area (TPSA) is 0 Å². The van der Waals surface area contributed by atoms with Gasteiger partial charge in [0.1, 0.15) is 0 Å². The van der Waals surface area contributed by atoms with E-state index in [0.717, 1.165) is 6.42 Å². The van der Waals surface area contributed by atoms with E-state index < -0.39 is 0 Å². The molecule has 0 saturated carbocycles. The van der Waals surface area contributed by atoms with Gasteiger partial charge in [-0.3, -0.25) is 0 Å². The molecule has 0 heterocycles. The van der Waals surface area contributed by atoms with E-state index in [0.29, 0.717) is 5.92 Å². The van der Waals surface area contributed by atoms with Gasteiger partial charge in [-0.1, -0.05) is 84.3 Å². The average Bonchev–Trinajstić information content (AvgIpc) is 3.17. The van der Waals surface area contributed by atoms with Crippen LogP contribution >= 0.6 is 0 Å². The molecule has 2 aliphatic rings. The number of benzene rings is 2. The van der Waals surface area contributed by atoms with Crippen molar-refractivity contribution in [2.75, 3.05) is 0 Å². The van der Waals surface area contributed by atoms with E-state index in [-0.39, 0.29) is 26.2 Å². The van der Waals surface area contributed by atoms with Gasteiger partial charge in [-0.2, -0.15) is 0 Å². The summed E-state index contributed by atoms with van der Waals surface area (Å²) in [6.45, 7) is 2.28. The van der Waals surface area contributed by atoms with Gasteiger partial charge in [0.2, 0.25) is 0 Å². The molecular weight excluding hydrogens is 343 g/mol. The van der Waals surface area contributed by atoms with Crippen LogP contribution in [0, 0.1) is 6.08 Å². The molecule has 0 amide bonds.